The van der Waals surface area contributed by atoms with Gasteiger partial charge >= 0.3 is 0 Å². The van der Waals surface area contributed by atoms with Crippen LogP contribution in [-0.2, 0) is 6.42 Å². The van der Waals surface area contributed by atoms with Crippen molar-refractivity contribution >= 4 is 0 Å². The number of hydrogen-bond donors (Lipinski definition) is 0. The Kier molecular flexibility index (Phi) is 4.00. The first-order valence-electron chi connectivity index (χ1n) is 4.87. The maximum absolute atomic E-state index is 8.48. The predicted molar refractivity (Wildman–Crippen MR) is 56.3 cm³/mol. The summed E-state index contributed by atoms with van der Waals surface area (Å²) in [5.74, 6) is 0.908. The average molecular weight is 189 g/mol. The number of nitrogens with zero attached hydrogens (tertiary/aromatic N) is 1. The van der Waals surface area contributed by atoms with E-state index in [-0.39, 0.29) is 0 Å². The molecule has 0 heterocycles. The Balaban J connectivity index is 2.75. The van der Waals surface area contributed by atoms with Crippen LogP contribution < -0.4 is 4.74 Å². The van der Waals surface area contributed by atoms with E-state index < -0.39 is 0 Å². The lowest BCUT2D eigenvalue weighted by Gasteiger charge is -2.07. The molecular formula is C12H15NO. The molecule has 0 N–H and O–H groups in total. The van der Waals surface area contributed by atoms with Crippen LogP contribution in [0.1, 0.15) is 24.5 Å². The molecule has 1 aromatic rings. The monoisotopic (exact) mass is 189 g/mol. The highest BCUT2D eigenvalue weighted by Gasteiger charge is 2.00. The molecule has 0 amide bonds. The molecular weight excluding hydrogens is 174 g/mol. The molecule has 74 valence electrons. The molecule has 1 rings (SSSR count). The standard InChI is InChI=1S/C12H15NO/c1-3-14-12-7-6-11(5-4-8-13)10(2)9-12/h6-7,9H,3-5H2,1-2H3. The number of aryl methyl sites for hydroxylation is 2. The minimum absolute atomic E-state index is 0.578. The molecule has 0 bridgehead atoms. The molecule has 1 aromatic carbocycles. The van der Waals surface area contributed by atoms with E-state index in [1.165, 1.54) is 11.1 Å². The van der Waals surface area contributed by atoms with Crippen molar-refractivity contribution in [2.75, 3.05) is 6.61 Å². The topological polar surface area (TPSA) is 33.0 Å². The summed E-state index contributed by atoms with van der Waals surface area (Å²) in [5, 5.41) is 8.48. The van der Waals surface area contributed by atoms with E-state index in [4.69, 9.17) is 10.00 Å². The highest BCUT2D eigenvalue weighted by atomic mass is 16.5. The quantitative estimate of drug-likeness (QED) is 0.729. The van der Waals surface area contributed by atoms with Crippen molar-refractivity contribution in [1.29, 1.82) is 5.26 Å². The van der Waals surface area contributed by atoms with E-state index in [0.717, 1.165) is 12.2 Å². The van der Waals surface area contributed by atoms with Crippen LogP contribution >= 0.6 is 0 Å². The molecule has 0 spiro atoms. The van der Waals surface area contributed by atoms with Crippen LogP contribution in [0.15, 0.2) is 18.2 Å². The minimum Gasteiger partial charge on any atom is -0.494 e. The molecule has 0 aliphatic heterocycles. The second kappa shape index (κ2) is 5.29. The van der Waals surface area contributed by atoms with Gasteiger partial charge in [0, 0.05) is 6.42 Å². The van der Waals surface area contributed by atoms with Crippen molar-refractivity contribution in [3.05, 3.63) is 29.3 Å². The van der Waals surface area contributed by atoms with Crippen molar-refractivity contribution in [3.8, 4) is 11.8 Å². The van der Waals surface area contributed by atoms with Crippen LogP contribution in [0.5, 0.6) is 5.75 Å². The first-order valence-corrected chi connectivity index (χ1v) is 4.87. The molecule has 0 fully saturated rings. The van der Waals surface area contributed by atoms with Gasteiger partial charge in [0.05, 0.1) is 12.7 Å². The Labute approximate surface area is 85.1 Å². The van der Waals surface area contributed by atoms with Gasteiger partial charge in [0.25, 0.3) is 0 Å². The first-order chi connectivity index (χ1) is 6.77. The van der Waals surface area contributed by atoms with Gasteiger partial charge in [-0.1, -0.05) is 6.07 Å². The molecule has 0 aromatic heterocycles. The maximum atomic E-state index is 8.48. The van der Waals surface area contributed by atoms with E-state index in [9.17, 15) is 0 Å². The molecule has 0 unspecified atom stereocenters. The SMILES string of the molecule is CCOc1ccc(CCC#N)c(C)c1. The van der Waals surface area contributed by atoms with Crippen LogP contribution in [0.3, 0.4) is 0 Å². The number of ether oxygens (including phenoxy) is 1. The van der Waals surface area contributed by atoms with Gasteiger partial charge < -0.3 is 4.74 Å². The van der Waals surface area contributed by atoms with Gasteiger partial charge in [0.1, 0.15) is 5.75 Å². The Bertz CT molecular complexity index is 339. The van der Waals surface area contributed by atoms with Crippen LogP contribution in [0.4, 0.5) is 0 Å². The first kappa shape index (κ1) is 10.6. The summed E-state index contributed by atoms with van der Waals surface area (Å²) in [6.45, 7) is 4.71. The molecule has 2 heteroatoms. The smallest absolute Gasteiger partial charge is 0.119 e. The predicted octanol–water partition coefficient (Wildman–Crippen LogP) is 2.85. The van der Waals surface area contributed by atoms with Crippen molar-refractivity contribution in [3.63, 3.8) is 0 Å². The van der Waals surface area contributed by atoms with E-state index in [1.54, 1.807) is 0 Å². The Morgan fingerprint density at radius 3 is 2.79 bits per heavy atom. The molecule has 0 atom stereocenters. The second-order valence-electron chi connectivity index (χ2n) is 3.18. The van der Waals surface area contributed by atoms with Gasteiger partial charge in [-0.2, -0.15) is 5.26 Å². The van der Waals surface area contributed by atoms with Crippen molar-refractivity contribution in [1.82, 2.24) is 0 Å². The summed E-state index contributed by atoms with van der Waals surface area (Å²) in [4.78, 5) is 0. The maximum Gasteiger partial charge on any atom is 0.119 e. The van der Waals surface area contributed by atoms with Gasteiger partial charge in [-0.15, -0.1) is 0 Å². The third-order valence-electron chi connectivity index (χ3n) is 2.13. The Morgan fingerprint density at radius 2 is 2.21 bits per heavy atom. The number of benzene rings is 1. The van der Waals surface area contributed by atoms with E-state index in [1.807, 2.05) is 25.1 Å². The van der Waals surface area contributed by atoms with Crippen molar-refractivity contribution in [2.24, 2.45) is 0 Å². The molecule has 0 radical (unpaired) electrons. The zero-order valence-electron chi connectivity index (χ0n) is 8.71. The Morgan fingerprint density at radius 1 is 1.43 bits per heavy atom. The molecule has 14 heavy (non-hydrogen) atoms. The van der Waals surface area contributed by atoms with E-state index in [0.29, 0.717) is 13.0 Å². The number of rotatable bonds is 4. The van der Waals surface area contributed by atoms with Crippen LogP contribution in [0.25, 0.3) is 0 Å². The number of nitriles is 1. The third kappa shape index (κ3) is 2.77. The lowest BCUT2D eigenvalue weighted by molar-refractivity contribution is 0.340. The average Bonchev–Trinajstić information content (AvgIpc) is 2.17. The third-order valence-corrected chi connectivity index (χ3v) is 2.13. The van der Waals surface area contributed by atoms with Gasteiger partial charge in [-0.25, -0.2) is 0 Å². The minimum atomic E-state index is 0.578. The molecule has 2 nitrogen and oxygen atoms in total. The van der Waals surface area contributed by atoms with Gasteiger partial charge in [0.2, 0.25) is 0 Å². The highest BCUT2D eigenvalue weighted by molar-refractivity contribution is 5.35. The summed E-state index contributed by atoms with van der Waals surface area (Å²) in [7, 11) is 0. The highest BCUT2D eigenvalue weighted by Crippen LogP contribution is 2.18. The van der Waals surface area contributed by atoms with Gasteiger partial charge in [0.15, 0.2) is 0 Å². The molecule has 0 saturated heterocycles. The summed E-state index contributed by atoms with van der Waals surface area (Å²) in [6, 6.07) is 8.18. The molecule has 0 aliphatic carbocycles. The van der Waals surface area contributed by atoms with Crippen LogP contribution in [0.2, 0.25) is 0 Å². The van der Waals surface area contributed by atoms with Gasteiger partial charge in [-0.05, 0) is 43.5 Å². The largest absolute Gasteiger partial charge is 0.494 e. The molecule has 0 saturated carbocycles. The van der Waals surface area contributed by atoms with E-state index >= 15 is 0 Å². The fourth-order valence-corrected chi connectivity index (χ4v) is 1.40. The summed E-state index contributed by atoms with van der Waals surface area (Å²) in [5.41, 5.74) is 2.43. The van der Waals surface area contributed by atoms with Crippen molar-refractivity contribution in [2.45, 2.75) is 26.7 Å². The normalized spacial score (nSPS) is 9.50. The zero-order valence-corrected chi connectivity index (χ0v) is 8.71. The van der Waals surface area contributed by atoms with E-state index in [2.05, 4.69) is 13.0 Å². The lowest BCUT2D eigenvalue weighted by Crippen LogP contribution is -1.94. The van der Waals surface area contributed by atoms with Crippen molar-refractivity contribution < 1.29 is 4.74 Å². The fraction of sp³-hybridized carbons (Fsp3) is 0.417. The number of hydrogen-bond acceptors (Lipinski definition) is 2. The zero-order chi connectivity index (χ0) is 10.4. The summed E-state index contributed by atoms with van der Waals surface area (Å²) in [6.07, 6.45) is 1.41. The Hall–Kier alpha value is -1.49. The fourth-order valence-electron chi connectivity index (χ4n) is 1.40. The lowest BCUT2D eigenvalue weighted by atomic mass is 10.0. The van der Waals surface area contributed by atoms with Gasteiger partial charge in [-0.3, -0.25) is 0 Å². The van der Waals surface area contributed by atoms with Crippen LogP contribution in [0, 0.1) is 18.3 Å². The molecule has 0 aliphatic rings. The van der Waals surface area contributed by atoms with Crippen LogP contribution in [-0.4, -0.2) is 6.61 Å². The second-order valence-corrected chi connectivity index (χ2v) is 3.18. The summed E-state index contributed by atoms with van der Waals surface area (Å²) < 4.78 is 5.38. The summed E-state index contributed by atoms with van der Waals surface area (Å²) >= 11 is 0.